The molecule has 1 atom stereocenters. The van der Waals surface area contributed by atoms with Crippen LogP contribution < -0.4 is 11.5 Å². The Balaban J connectivity index is 0.00000144. The van der Waals surface area contributed by atoms with Gasteiger partial charge in [-0.1, -0.05) is 11.6 Å². The summed E-state index contributed by atoms with van der Waals surface area (Å²) < 4.78 is 0. The van der Waals surface area contributed by atoms with Gasteiger partial charge in [-0.3, -0.25) is 4.98 Å². The number of nitrogens with zero attached hydrogens (tertiary/aromatic N) is 1. The second kappa shape index (κ2) is 6.16. The van der Waals surface area contributed by atoms with E-state index in [0.29, 0.717) is 11.6 Å². The third-order valence-corrected chi connectivity index (χ3v) is 2.00. The summed E-state index contributed by atoms with van der Waals surface area (Å²) in [5, 5.41) is 0.610. The van der Waals surface area contributed by atoms with E-state index in [2.05, 4.69) is 4.98 Å². The molecule has 0 aromatic carbocycles. The molecule has 0 unspecified atom stereocenters. The van der Waals surface area contributed by atoms with Gasteiger partial charge in [0, 0.05) is 18.4 Å². The lowest BCUT2D eigenvalue weighted by Crippen LogP contribution is -2.15. The van der Waals surface area contributed by atoms with Crippen LogP contribution >= 0.6 is 24.0 Å². The molecule has 13 heavy (non-hydrogen) atoms. The van der Waals surface area contributed by atoms with Gasteiger partial charge in [0.15, 0.2) is 0 Å². The van der Waals surface area contributed by atoms with Crippen LogP contribution in [0.2, 0.25) is 5.02 Å². The highest BCUT2D eigenvalue weighted by Crippen LogP contribution is 2.21. The van der Waals surface area contributed by atoms with Crippen LogP contribution in [-0.4, -0.2) is 11.5 Å². The third-order valence-electron chi connectivity index (χ3n) is 1.68. The molecule has 0 aliphatic heterocycles. The number of hydrogen-bond donors (Lipinski definition) is 2. The Morgan fingerprint density at radius 1 is 1.54 bits per heavy atom. The second-order valence-electron chi connectivity index (χ2n) is 2.58. The molecule has 5 heteroatoms. The lowest BCUT2D eigenvalue weighted by molar-refractivity contribution is 0.660. The number of pyridine rings is 1. The summed E-state index contributed by atoms with van der Waals surface area (Å²) in [6, 6.07) is 1.74. The molecular formula is C8H13Cl2N3. The first kappa shape index (κ1) is 12.7. The van der Waals surface area contributed by atoms with Gasteiger partial charge in [0.05, 0.1) is 5.02 Å². The maximum atomic E-state index is 5.87. The molecule has 0 aliphatic rings. The van der Waals surface area contributed by atoms with Crippen molar-refractivity contribution in [1.29, 1.82) is 0 Å². The molecule has 1 heterocycles. The predicted molar refractivity (Wildman–Crippen MR) is 57.1 cm³/mol. The van der Waals surface area contributed by atoms with E-state index in [0.717, 1.165) is 12.0 Å². The molecule has 0 radical (unpaired) electrons. The summed E-state index contributed by atoms with van der Waals surface area (Å²) >= 11 is 5.87. The summed E-state index contributed by atoms with van der Waals surface area (Å²) in [4.78, 5) is 3.87. The Morgan fingerprint density at radius 3 is 2.77 bits per heavy atom. The highest BCUT2D eigenvalue weighted by Gasteiger charge is 2.07. The summed E-state index contributed by atoms with van der Waals surface area (Å²) in [5.41, 5.74) is 12.1. The minimum absolute atomic E-state index is 0. The van der Waals surface area contributed by atoms with Gasteiger partial charge >= 0.3 is 0 Å². The molecule has 0 saturated heterocycles. The first-order valence-electron chi connectivity index (χ1n) is 3.80. The Bertz CT molecular complexity index is 255. The van der Waals surface area contributed by atoms with Crippen molar-refractivity contribution in [2.75, 3.05) is 6.54 Å². The number of halogens is 2. The molecule has 0 spiro atoms. The van der Waals surface area contributed by atoms with Gasteiger partial charge in [0.2, 0.25) is 0 Å². The lowest BCUT2D eigenvalue weighted by Gasteiger charge is -2.11. The smallest absolute Gasteiger partial charge is 0.0637 e. The number of aromatic nitrogens is 1. The fourth-order valence-electron chi connectivity index (χ4n) is 1.02. The van der Waals surface area contributed by atoms with E-state index in [1.807, 2.05) is 6.07 Å². The van der Waals surface area contributed by atoms with Crippen LogP contribution in [0.25, 0.3) is 0 Å². The molecule has 4 N–H and O–H groups in total. The molecule has 0 saturated carbocycles. The van der Waals surface area contributed by atoms with Gasteiger partial charge in [-0.2, -0.15) is 0 Å². The van der Waals surface area contributed by atoms with Gasteiger partial charge in [-0.05, 0) is 24.6 Å². The quantitative estimate of drug-likeness (QED) is 0.814. The van der Waals surface area contributed by atoms with Gasteiger partial charge in [-0.15, -0.1) is 12.4 Å². The molecule has 1 rings (SSSR count). The van der Waals surface area contributed by atoms with Gasteiger partial charge in [0.1, 0.15) is 0 Å². The fourth-order valence-corrected chi connectivity index (χ4v) is 1.28. The summed E-state index contributed by atoms with van der Waals surface area (Å²) in [6.07, 6.45) is 4.01. The van der Waals surface area contributed by atoms with Gasteiger partial charge in [-0.25, -0.2) is 0 Å². The molecule has 0 fully saturated rings. The van der Waals surface area contributed by atoms with Crippen molar-refractivity contribution in [1.82, 2.24) is 4.98 Å². The molecule has 0 aliphatic carbocycles. The van der Waals surface area contributed by atoms with E-state index < -0.39 is 0 Å². The molecular weight excluding hydrogens is 209 g/mol. The Kier molecular flexibility index (Phi) is 5.99. The van der Waals surface area contributed by atoms with Crippen molar-refractivity contribution >= 4 is 24.0 Å². The van der Waals surface area contributed by atoms with E-state index in [4.69, 9.17) is 23.1 Å². The molecule has 3 nitrogen and oxygen atoms in total. The number of nitrogens with two attached hydrogens (primary N) is 2. The average molecular weight is 222 g/mol. The zero-order valence-corrected chi connectivity index (χ0v) is 8.68. The van der Waals surface area contributed by atoms with E-state index in [1.165, 1.54) is 0 Å². The minimum Gasteiger partial charge on any atom is -0.330 e. The SMILES string of the molecule is Cl.NCC[C@H](N)c1ccncc1Cl. The highest BCUT2D eigenvalue weighted by molar-refractivity contribution is 6.31. The maximum Gasteiger partial charge on any atom is 0.0637 e. The normalized spacial score (nSPS) is 11.9. The van der Waals surface area contributed by atoms with E-state index in [9.17, 15) is 0 Å². The van der Waals surface area contributed by atoms with Crippen molar-refractivity contribution in [3.05, 3.63) is 29.0 Å². The van der Waals surface area contributed by atoms with Crippen molar-refractivity contribution in [3.8, 4) is 0 Å². The Labute approximate surface area is 88.9 Å². The van der Waals surface area contributed by atoms with Crippen LogP contribution in [0.15, 0.2) is 18.5 Å². The third kappa shape index (κ3) is 3.48. The molecule has 1 aromatic rings. The molecule has 0 bridgehead atoms. The standard InChI is InChI=1S/C8H12ClN3.ClH/c9-7-5-12-4-2-6(7)8(11)1-3-10;/h2,4-5,8H,1,3,10-11H2;1H/t8-;/m0./s1. The Hall–Kier alpha value is -0.350. The first-order chi connectivity index (χ1) is 5.75. The molecule has 1 aromatic heterocycles. The monoisotopic (exact) mass is 221 g/mol. The molecule has 0 amide bonds. The van der Waals surface area contributed by atoms with Crippen molar-refractivity contribution < 1.29 is 0 Å². The first-order valence-corrected chi connectivity index (χ1v) is 4.18. The number of rotatable bonds is 3. The maximum absolute atomic E-state index is 5.87. The largest absolute Gasteiger partial charge is 0.330 e. The van der Waals surface area contributed by atoms with Crippen molar-refractivity contribution in [2.24, 2.45) is 11.5 Å². The van der Waals surface area contributed by atoms with Crippen molar-refractivity contribution in [3.63, 3.8) is 0 Å². The lowest BCUT2D eigenvalue weighted by atomic mass is 10.1. The Morgan fingerprint density at radius 2 is 2.23 bits per heavy atom. The van der Waals surface area contributed by atoms with Gasteiger partial charge < -0.3 is 11.5 Å². The zero-order valence-electron chi connectivity index (χ0n) is 7.11. The van der Waals surface area contributed by atoms with E-state index in [-0.39, 0.29) is 18.4 Å². The number of hydrogen-bond acceptors (Lipinski definition) is 3. The van der Waals surface area contributed by atoms with Crippen LogP contribution in [0.1, 0.15) is 18.0 Å². The molecule has 74 valence electrons. The van der Waals surface area contributed by atoms with E-state index in [1.54, 1.807) is 12.4 Å². The summed E-state index contributed by atoms with van der Waals surface area (Å²) in [5.74, 6) is 0. The predicted octanol–water partition coefficient (Wildman–Crippen LogP) is 1.51. The van der Waals surface area contributed by atoms with Crippen LogP contribution in [0.3, 0.4) is 0 Å². The van der Waals surface area contributed by atoms with Crippen LogP contribution in [0.5, 0.6) is 0 Å². The summed E-state index contributed by atoms with van der Waals surface area (Å²) in [7, 11) is 0. The van der Waals surface area contributed by atoms with Crippen LogP contribution in [0.4, 0.5) is 0 Å². The second-order valence-corrected chi connectivity index (χ2v) is 2.99. The zero-order chi connectivity index (χ0) is 8.97. The minimum atomic E-state index is -0.0782. The topological polar surface area (TPSA) is 64.9 Å². The van der Waals surface area contributed by atoms with E-state index >= 15 is 0 Å². The fraction of sp³-hybridized carbons (Fsp3) is 0.375. The summed E-state index contributed by atoms with van der Waals surface area (Å²) in [6.45, 7) is 0.569. The van der Waals surface area contributed by atoms with Crippen LogP contribution in [-0.2, 0) is 0 Å². The van der Waals surface area contributed by atoms with Gasteiger partial charge in [0.25, 0.3) is 0 Å². The van der Waals surface area contributed by atoms with Crippen LogP contribution in [0, 0.1) is 0 Å². The average Bonchev–Trinajstić information content (AvgIpc) is 2.05. The highest BCUT2D eigenvalue weighted by atomic mass is 35.5. The van der Waals surface area contributed by atoms with Crippen molar-refractivity contribution in [2.45, 2.75) is 12.5 Å².